The molecule has 0 atom stereocenters. The third-order valence-corrected chi connectivity index (χ3v) is 4.17. The number of benzene rings is 1. The van der Waals surface area contributed by atoms with Gasteiger partial charge in [-0.1, -0.05) is 17.8 Å². The van der Waals surface area contributed by atoms with Crippen LogP contribution in [0.5, 0.6) is 17.2 Å². The fourth-order valence-corrected chi connectivity index (χ4v) is 2.81. The first kappa shape index (κ1) is 19.4. The predicted molar refractivity (Wildman–Crippen MR) is 92.6 cm³/mol. The Hall–Kier alpha value is -1.93. The number of ether oxygens (including phenoxy) is 3. The van der Waals surface area contributed by atoms with Crippen molar-refractivity contribution in [2.45, 2.75) is 24.6 Å². The molecule has 0 bridgehead atoms. The van der Waals surface area contributed by atoms with E-state index in [0.717, 1.165) is 5.56 Å². The molecule has 0 amide bonds. The van der Waals surface area contributed by atoms with Gasteiger partial charge in [0.15, 0.2) is 11.5 Å². The summed E-state index contributed by atoms with van der Waals surface area (Å²) in [5, 5.41) is 3.23. The first-order chi connectivity index (χ1) is 12.1. The minimum Gasteiger partial charge on any atom is -0.493 e. The number of hydrogen-bond acceptors (Lipinski definition) is 6. The van der Waals surface area contributed by atoms with Crippen LogP contribution < -0.4 is 19.5 Å². The van der Waals surface area contributed by atoms with E-state index in [1.54, 1.807) is 33.5 Å². The number of alkyl halides is 2. The van der Waals surface area contributed by atoms with Crippen LogP contribution in [0.15, 0.2) is 28.7 Å². The van der Waals surface area contributed by atoms with E-state index in [9.17, 15) is 8.78 Å². The summed E-state index contributed by atoms with van der Waals surface area (Å²) in [6, 6.07) is 7.19. The normalized spacial score (nSPS) is 11.0. The highest BCUT2D eigenvalue weighted by atomic mass is 32.2. The Morgan fingerprint density at radius 1 is 0.960 bits per heavy atom. The second kappa shape index (κ2) is 9.53. The fraction of sp³-hybridized carbons (Fsp3) is 0.412. The summed E-state index contributed by atoms with van der Waals surface area (Å²) in [5.41, 5.74) is 0.903. The Balaban J connectivity index is 1.95. The molecule has 0 aliphatic rings. The van der Waals surface area contributed by atoms with Crippen LogP contribution in [0.3, 0.4) is 0 Å². The highest BCUT2D eigenvalue weighted by molar-refractivity contribution is 7.98. The summed E-state index contributed by atoms with van der Waals surface area (Å²) in [5.74, 6) is 0.701. The van der Waals surface area contributed by atoms with E-state index in [4.69, 9.17) is 18.6 Å². The van der Waals surface area contributed by atoms with Crippen LogP contribution in [0, 0.1) is 0 Å². The van der Waals surface area contributed by atoms with E-state index in [2.05, 4.69) is 5.32 Å². The second-order valence-electron chi connectivity index (χ2n) is 5.04. The number of nitrogens with one attached hydrogen (secondary N) is 1. The van der Waals surface area contributed by atoms with E-state index < -0.39 is 5.76 Å². The number of halogens is 2. The number of hydrogen-bond donors (Lipinski definition) is 1. The molecular formula is C17H21F2NO4S. The second-order valence-corrected chi connectivity index (χ2v) is 6.02. The third-order valence-electron chi connectivity index (χ3n) is 3.47. The van der Waals surface area contributed by atoms with Crippen LogP contribution >= 0.6 is 11.8 Å². The Kier molecular flexibility index (Phi) is 7.39. The van der Waals surface area contributed by atoms with Gasteiger partial charge >= 0.3 is 0 Å². The first-order valence-corrected chi connectivity index (χ1v) is 8.59. The Labute approximate surface area is 149 Å². The Bertz CT molecular complexity index is 679. The summed E-state index contributed by atoms with van der Waals surface area (Å²) >= 11 is 0.541. The SMILES string of the molecule is COc1ccc(CNCc2ccc(CSC(F)F)o2)c(OC)c1OC. The lowest BCUT2D eigenvalue weighted by molar-refractivity contribution is 0.251. The lowest BCUT2D eigenvalue weighted by Gasteiger charge is -2.15. The first-order valence-electron chi connectivity index (χ1n) is 7.55. The smallest absolute Gasteiger partial charge is 0.284 e. The fourth-order valence-electron chi connectivity index (χ4n) is 2.36. The van der Waals surface area contributed by atoms with Crippen molar-refractivity contribution in [2.75, 3.05) is 21.3 Å². The summed E-state index contributed by atoms with van der Waals surface area (Å²) in [4.78, 5) is 0. The zero-order chi connectivity index (χ0) is 18.2. The van der Waals surface area contributed by atoms with Crippen LogP contribution in [-0.4, -0.2) is 27.1 Å². The van der Waals surface area contributed by atoms with Crippen molar-refractivity contribution in [3.63, 3.8) is 0 Å². The van der Waals surface area contributed by atoms with Gasteiger partial charge in [0.1, 0.15) is 11.5 Å². The molecule has 5 nitrogen and oxygen atoms in total. The summed E-state index contributed by atoms with van der Waals surface area (Å²) in [6.07, 6.45) is 0. The van der Waals surface area contributed by atoms with Crippen molar-refractivity contribution >= 4 is 11.8 Å². The van der Waals surface area contributed by atoms with E-state index in [-0.39, 0.29) is 5.75 Å². The molecule has 2 rings (SSSR count). The van der Waals surface area contributed by atoms with Crippen molar-refractivity contribution in [1.29, 1.82) is 0 Å². The maximum Gasteiger partial charge on any atom is 0.284 e. The molecule has 0 saturated heterocycles. The van der Waals surface area contributed by atoms with Gasteiger partial charge in [-0.2, -0.15) is 8.78 Å². The molecule has 25 heavy (non-hydrogen) atoms. The number of methoxy groups -OCH3 is 3. The Morgan fingerprint density at radius 2 is 1.68 bits per heavy atom. The third kappa shape index (κ3) is 5.27. The molecular weight excluding hydrogens is 352 g/mol. The quantitative estimate of drug-likeness (QED) is 0.678. The van der Waals surface area contributed by atoms with Crippen LogP contribution in [0.2, 0.25) is 0 Å². The standard InChI is InChI=1S/C17H21F2NO4S/c1-21-14-7-4-11(15(22-2)16(14)23-3)8-20-9-12-5-6-13(24-12)10-25-17(18)19/h4-7,17,20H,8-10H2,1-3H3. The summed E-state index contributed by atoms with van der Waals surface area (Å²) < 4.78 is 45.9. The van der Waals surface area contributed by atoms with E-state index in [0.29, 0.717) is 53.6 Å². The van der Waals surface area contributed by atoms with Gasteiger partial charge in [-0.25, -0.2) is 0 Å². The van der Waals surface area contributed by atoms with Crippen LogP contribution in [0.1, 0.15) is 17.1 Å². The topological polar surface area (TPSA) is 52.9 Å². The van der Waals surface area contributed by atoms with Gasteiger partial charge in [-0.3, -0.25) is 0 Å². The number of thioether (sulfide) groups is 1. The zero-order valence-corrected chi connectivity index (χ0v) is 15.1. The predicted octanol–water partition coefficient (Wildman–Crippen LogP) is 4.05. The van der Waals surface area contributed by atoms with Gasteiger partial charge in [-0.05, 0) is 18.2 Å². The molecule has 1 aromatic carbocycles. The van der Waals surface area contributed by atoms with Crippen LogP contribution in [-0.2, 0) is 18.8 Å². The Morgan fingerprint density at radius 3 is 2.32 bits per heavy atom. The van der Waals surface area contributed by atoms with Gasteiger partial charge in [0.2, 0.25) is 5.75 Å². The van der Waals surface area contributed by atoms with Gasteiger partial charge in [0, 0.05) is 12.1 Å². The molecule has 138 valence electrons. The van der Waals surface area contributed by atoms with Crippen molar-refractivity contribution in [3.8, 4) is 17.2 Å². The average molecular weight is 373 g/mol. The van der Waals surface area contributed by atoms with Crippen molar-refractivity contribution in [3.05, 3.63) is 41.3 Å². The highest BCUT2D eigenvalue weighted by Gasteiger charge is 2.15. The van der Waals surface area contributed by atoms with E-state index >= 15 is 0 Å². The monoisotopic (exact) mass is 373 g/mol. The van der Waals surface area contributed by atoms with Crippen molar-refractivity contribution < 1.29 is 27.4 Å². The van der Waals surface area contributed by atoms with Crippen molar-refractivity contribution in [1.82, 2.24) is 5.32 Å². The van der Waals surface area contributed by atoms with Gasteiger partial charge in [0.05, 0.1) is 33.6 Å². The lowest BCUT2D eigenvalue weighted by Crippen LogP contribution is -2.13. The number of rotatable bonds is 10. The maximum atomic E-state index is 12.2. The van der Waals surface area contributed by atoms with Gasteiger partial charge < -0.3 is 23.9 Å². The minimum atomic E-state index is -2.40. The molecule has 0 radical (unpaired) electrons. The number of furan rings is 1. The molecule has 1 N–H and O–H groups in total. The van der Waals surface area contributed by atoms with Crippen LogP contribution in [0.25, 0.3) is 0 Å². The molecule has 0 saturated carbocycles. The van der Waals surface area contributed by atoms with E-state index in [1.165, 1.54) is 0 Å². The molecule has 1 aromatic heterocycles. The van der Waals surface area contributed by atoms with Gasteiger partial charge in [-0.15, -0.1) is 0 Å². The maximum absolute atomic E-state index is 12.2. The van der Waals surface area contributed by atoms with E-state index in [1.807, 2.05) is 12.1 Å². The lowest BCUT2D eigenvalue weighted by atomic mass is 10.1. The van der Waals surface area contributed by atoms with Gasteiger partial charge in [0.25, 0.3) is 5.76 Å². The molecule has 0 unspecified atom stereocenters. The summed E-state index contributed by atoms with van der Waals surface area (Å²) in [6.45, 7) is 0.988. The molecule has 0 fully saturated rings. The van der Waals surface area contributed by atoms with Crippen molar-refractivity contribution in [2.24, 2.45) is 0 Å². The minimum absolute atomic E-state index is 0.154. The summed E-state index contributed by atoms with van der Waals surface area (Å²) in [7, 11) is 4.69. The molecule has 0 aliphatic carbocycles. The zero-order valence-electron chi connectivity index (χ0n) is 14.3. The van der Waals surface area contributed by atoms with Crippen LogP contribution in [0.4, 0.5) is 8.78 Å². The largest absolute Gasteiger partial charge is 0.493 e. The molecule has 8 heteroatoms. The molecule has 2 aromatic rings. The highest BCUT2D eigenvalue weighted by Crippen LogP contribution is 2.39. The molecule has 1 heterocycles. The molecule has 0 aliphatic heterocycles. The average Bonchev–Trinajstić information content (AvgIpc) is 3.07. The molecule has 0 spiro atoms.